The molecule has 7 nitrogen and oxygen atoms in total. The first-order valence-corrected chi connectivity index (χ1v) is 10.4. The largest absolute Gasteiger partial charge is 0.493 e. The molecule has 0 heterocycles. The van der Waals surface area contributed by atoms with Crippen molar-refractivity contribution in [2.75, 3.05) is 27.4 Å². The van der Waals surface area contributed by atoms with Crippen molar-refractivity contribution in [1.29, 1.82) is 0 Å². The third-order valence-corrected chi connectivity index (χ3v) is 4.93. The fourth-order valence-electron chi connectivity index (χ4n) is 3.06. The van der Waals surface area contributed by atoms with Gasteiger partial charge in [-0.15, -0.1) is 0 Å². The van der Waals surface area contributed by atoms with Gasteiger partial charge in [-0.1, -0.05) is 19.9 Å². The van der Waals surface area contributed by atoms with Crippen LogP contribution >= 0.6 is 0 Å². The summed E-state index contributed by atoms with van der Waals surface area (Å²) < 4.78 is 29.1. The molecule has 0 fully saturated rings. The first-order valence-electron chi connectivity index (χ1n) is 10.4. The Bertz CT molecular complexity index is 902. The lowest BCUT2D eigenvalue weighted by molar-refractivity contribution is -0.124. The maximum atomic E-state index is 13.1. The van der Waals surface area contributed by atoms with E-state index in [1.54, 1.807) is 26.4 Å². The fraction of sp³-hybridized carbons (Fsp3) is 0.417. The molecule has 32 heavy (non-hydrogen) atoms. The molecule has 2 amide bonds. The van der Waals surface area contributed by atoms with Gasteiger partial charge >= 0.3 is 0 Å². The third-order valence-electron chi connectivity index (χ3n) is 4.93. The lowest BCUT2D eigenvalue weighted by Crippen LogP contribution is -2.50. The van der Waals surface area contributed by atoms with Gasteiger partial charge in [0, 0.05) is 12.7 Å². The highest BCUT2D eigenvalue weighted by Gasteiger charge is 2.26. The summed E-state index contributed by atoms with van der Waals surface area (Å²) in [6.45, 7) is 6.38. The van der Waals surface area contributed by atoms with Crippen molar-refractivity contribution in [3.8, 4) is 11.5 Å². The number of ether oxygens (including phenoxy) is 3. The molecule has 2 rings (SSSR count). The van der Waals surface area contributed by atoms with Crippen LogP contribution in [0.3, 0.4) is 0 Å². The molecule has 0 aromatic heterocycles. The summed E-state index contributed by atoms with van der Waals surface area (Å²) >= 11 is 0. The van der Waals surface area contributed by atoms with Crippen molar-refractivity contribution in [2.24, 2.45) is 5.92 Å². The number of benzene rings is 2. The first kappa shape index (κ1) is 25.1. The van der Waals surface area contributed by atoms with E-state index in [1.165, 1.54) is 24.3 Å². The van der Waals surface area contributed by atoms with E-state index in [0.717, 1.165) is 5.56 Å². The van der Waals surface area contributed by atoms with E-state index in [0.29, 0.717) is 24.7 Å². The summed E-state index contributed by atoms with van der Waals surface area (Å²) in [6.07, 6.45) is 0. The number of rotatable bonds is 11. The molecule has 0 saturated carbocycles. The van der Waals surface area contributed by atoms with E-state index in [1.807, 2.05) is 26.8 Å². The molecule has 0 aliphatic carbocycles. The molecule has 0 aliphatic rings. The summed E-state index contributed by atoms with van der Waals surface area (Å²) in [5.74, 6) is -0.215. The molecule has 0 saturated heterocycles. The average Bonchev–Trinajstić information content (AvgIpc) is 2.77. The number of halogens is 1. The van der Waals surface area contributed by atoms with E-state index < -0.39 is 17.8 Å². The molecule has 0 spiro atoms. The summed E-state index contributed by atoms with van der Waals surface area (Å²) in [6, 6.07) is 9.50. The van der Waals surface area contributed by atoms with Gasteiger partial charge in [0.2, 0.25) is 5.91 Å². The monoisotopic (exact) mass is 446 g/mol. The van der Waals surface area contributed by atoms with E-state index >= 15 is 0 Å². The Hall–Kier alpha value is -3.13. The second-order valence-electron chi connectivity index (χ2n) is 7.68. The number of carbonyl (C=O) groups excluding carboxylic acids is 2. The highest BCUT2D eigenvalue weighted by atomic mass is 19.1. The minimum absolute atomic E-state index is 0.155. The van der Waals surface area contributed by atoms with Crippen molar-refractivity contribution in [2.45, 2.75) is 32.9 Å². The molecular weight excluding hydrogens is 415 g/mol. The first-order chi connectivity index (χ1) is 15.3. The number of nitrogens with one attached hydrogen (secondary N) is 2. The number of methoxy groups -OCH3 is 2. The summed E-state index contributed by atoms with van der Waals surface area (Å²) in [5, 5.41) is 5.68. The van der Waals surface area contributed by atoms with Crippen LogP contribution in [0, 0.1) is 11.7 Å². The minimum atomic E-state index is -0.756. The number of amides is 2. The van der Waals surface area contributed by atoms with Gasteiger partial charge in [-0.2, -0.15) is 0 Å². The fourth-order valence-corrected chi connectivity index (χ4v) is 3.06. The van der Waals surface area contributed by atoms with Gasteiger partial charge < -0.3 is 24.8 Å². The van der Waals surface area contributed by atoms with E-state index in [-0.39, 0.29) is 23.4 Å². The topological polar surface area (TPSA) is 85.9 Å². The van der Waals surface area contributed by atoms with Crippen molar-refractivity contribution >= 4 is 11.8 Å². The van der Waals surface area contributed by atoms with Gasteiger partial charge in [0.25, 0.3) is 5.91 Å². The lowest BCUT2D eigenvalue weighted by Gasteiger charge is -2.24. The Morgan fingerprint density at radius 2 is 1.62 bits per heavy atom. The Kier molecular flexibility index (Phi) is 9.46. The van der Waals surface area contributed by atoms with Crippen molar-refractivity contribution < 1.29 is 28.2 Å². The van der Waals surface area contributed by atoms with Gasteiger partial charge in [0.05, 0.1) is 19.8 Å². The number of hydrogen-bond donors (Lipinski definition) is 2. The van der Waals surface area contributed by atoms with E-state index in [9.17, 15) is 14.0 Å². The maximum Gasteiger partial charge on any atom is 0.251 e. The lowest BCUT2D eigenvalue weighted by atomic mass is 10.0. The zero-order valence-corrected chi connectivity index (χ0v) is 19.1. The molecule has 174 valence electrons. The molecule has 0 radical (unpaired) electrons. The predicted octanol–water partition coefficient (Wildman–Crippen LogP) is 3.49. The van der Waals surface area contributed by atoms with E-state index in [4.69, 9.17) is 14.2 Å². The minimum Gasteiger partial charge on any atom is -0.493 e. The summed E-state index contributed by atoms with van der Waals surface area (Å²) in [7, 11) is 3.14. The standard InChI is InChI=1S/C24H31FN2O5/c1-15(2)22(27-23(28)17-6-9-19(25)10-7-17)24(29)26-16(3)18-8-11-20(21(14-18)31-5)32-13-12-30-4/h6-11,14-16,22H,12-13H2,1-5H3,(H,26,29)(H,27,28). The van der Waals surface area contributed by atoms with Crippen LogP contribution < -0.4 is 20.1 Å². The highest BCUT2D eigenvalue weighted by Crippen LogP contribution is 2.30. The zero-order valence-electron chi connectivity index (χ0n) is 19.1. The predicted molar refractivity (Wildman–Crippen MR) is 119 cm³/mol. The Labute approximate surface area is 188 Å². The Balaban J connectivity index is 2.07. The SMILES string of the molecule is COCCOc1ccc(C(C)NC(=O)C(NC(=O)c2ccc(F)cc2)C(C)C)cc1OC. The number of carbonyl (C=O) groups is 2. The summed E-state index contributed by atoms with van der Waals surface area (Å²) in [4.78, 5) is 25.4. The quantitative estimate of drug-likeness (QED) is 0.516. The van der Waals surface area contributed by atoms with Crippen LogP contribution in [0.25, 0.3) is 0 Å². The van der Waals surface area contributed by atoms with Crippen molar-refractivity contribution in [3.05, 3.63) is 59.4 Å². The van der Waals surface area contributed by atoms with Crippen LogP contribution in [0.5, 0.6) is 11.5 Å². The van der Waals surface area contributed by atoms with Crippen LogP contribution in [0.15, 0.2) is 42.5 Å². The zero-order chi connectivity index (χ0) is 23.7. The molecule has 2 aromatic rings. The van der Waals surface area contributed by atoms with Crippen LogP contribution in [-0.2, 0) is 9.53 Å². The Morgan fingerprint density at radius 1 is 0.938 bits per heavy atom. The van der Waals surface area contributed by atoms with Crippen LogP contribution in [0.2, 0.25) is 0 Å². The highest BCUT2D eigenvalue weighted by molar-refractivity contribution is 5.97. The second kappa shape index (κ2) is 12.0. The Morgan fingerprint density at radius 3 is 2.22 bits per heavy atom. The van der Waals surface area contributed by atoms with E-state index in [2.05, 4.69) is 10.6 Å². The van der Waals surface area contributed by atoms with Gasteiger partial charge in [0.1, 0.15) is 18.5 Å². The van der Waals surface area contributed by atoms with Crippen LogP contribution in [-0.4, -0.2) is 45.3 Å². The summed E-state index contributed by atoms with van der Waals surface area (Å²) in [5.41, 5.74) is 1.10. The number of hydrogen-bond acceptors (Lipinski definition) is 5. The smallest absolute Gasteiger partial charge is 0.251 e. The van der Waals surface area contributed by atoms with Crippen LogP contribution in [0.1, 0.15) is 42.7 Å². The molecule has 2 atom stereocenters. The molecular formula is C24H31FN2O5. The molecule has 2 aromatic carbocycles. The molecule has 8 heteroatoms. The van der Waals surface area contributed by atoms with Crippen molar-refractivity contribution in [3.63, 3.8) is 0 Å². The van der Waals surface area contributed by atoms with Gasteiger partial charge in [-0.3, -0.25) is 9.59 Å². The maximum absolute atomic E-state index is 13.1. The van der Waals surface area contributed by atoms with Gasteiger partial charge in [-0.25, -0.2) is 4.39 Å². The van der Waals surface area contributed by atoms with Crippen molar-refractivity contribution in [1.82, 2.24) is 10.6 Å². The van der Waals surface area contributed by atoms with Gasteiger partial charge in [0.15, 0.2) is 11.5 Å². The molecule has 0 aliphatic heterocycles. The second-order valence-corrected chi connectivity index (χ2v) is 7.68. The van der Waals surface area contributed by atoms with Crippen LogP contribution in [0.4, 0.5) is 4.39 Å². The molecule has 2 N–H and O–H groups in total. The molecule has 2 unspecified atom stereocenters. The third kappa shape index (κ3) is 6.95. The molecule has 0 bridgehead atoms. The van der Waals surface area contributed by atoms with Gasteiger partial charge in [-0.05, 0) is 54.8 Å². The average molecular weight is 447 g/mol. The normalized spacial score (nSPS) is 12.7.